The smallest absolute Gasteiger partial charge is 0.116 e. The minimum absolute atomic E-state index is 0.323. The van der Waals surface area contributed by atoms with Crippen molar-refractivity contribution in [2.45, 2.75) is 6.54 Å². The van der Waals surface area contributed by atoms with Crippen molar-refractivity contribution < 1.29 is 5.11 Å². The lowest BCUT2D eigenvalue weighted by atomic mass is 10.2. The second-order valence-electron chi connectivity index (χ2n) is 2.32. The maximum atomic E-state index is 9.04. The Morgan fingerprint density at radius 1 is 1.40 bits per heavy atom. The van der Waals surface area contributed by atoms with E-state index in [0.29, 0.717) is 5.75 Å². The van der Waals surface area contributed by atoms with Crippen molar-refractivity contribution in [1.29, 1.82) is 0 Å². The Labute approximate surface area is 58.7 Å². The minimum atomic E-state index is 0.323. The molecule has 0 aliphatic carbocycles. The van der Waals surface area contributed by atoms with Crippen LogP contribution in [0.5, 0.6) is 5.75 Å². The molecular weight excluding hydrogens is 128 g/mol. The van der Waals surface area contributed by atoms with Gasteiger partial charge in [0.05, 0.1) is 5.69 Å². The van der Waals surface area contributed by atoms with Crippen LogP contribution in [0.1, 0.15) is 5.56 Å². The normalized spacial score (nSPS) is 14.4. The molecule has 1 heterocycles. The summed E-state index contributed by atoms with van der Waals surface area (Å²) >= 11 is 0. The Bertz CT molecular complexity index is 260. The van der Waals surface area contributed by atoms with Gasteiger partial charge < -0.3 is 10.5 Å². The highest BCUT2D eigenvalue weighted by atomic mass is 16.3. The van der Waals surface area contributed by atoms with Crippen molar-refractivity contribution in [3.63, 3.8) is 0 Å². The van der Waals surface area contributed by atoms with Crippen LogP contribution in [0.3, 0.4) is 0 Å². The van der Waals surface area contributed by atoms with Gasteiger partial charge in [0, 0.05) is 6.54 Å². The summed E-state index contributed by atoms with van der Waals surface area (Å²) in [5, 5.41) is 9.04. The van der Waals surface area contributed by atoms with Gasteiger partial charge >= 0.3 is 0 Å². The average molecular weight is 136 g/mol. The van der Waals surface area contributed by atoms with Gasteiger partial charge in [-0.25, -0.2) is 5.43 Å². The van der Waals surface area contributed by atoms with Gasteiger partial charge in [0.2, 0.25) is 0 Å². The SMILES string of the molecule is Oc1ccc2c(c1)CNN2. The summed E-state index contributed by atoms with van der Waals surface area (Å²) in [5.41, 5.74) is 8.08. The van der Waals surface area contributed by atoms with Crippen LogP contribution in [-0.2, 0) is 6.54 Å². The van der Waals surface area contributed by atoms with E-state index in [4.69, 9.17) is 5.11 Å². The molecule has 3 N–H and O–H groups in total. The lowest BCUT2D eigenvalue weighted by Crippen LogP contribution is -2.10. The molecule has 0 unspecified atom stereocenters. The number of anilines is 1. The predicted octanol–water partition coefficient (Wildman–Crippen LogP) is 0.822. The van der Waals surface area contributed by atoms with Gasteiger partial charge in [-0.15, -0.1) is 0 Å². The third-order valence-electron chi connectivity index (χ3n) is 1.59. The standard InChI is InChI=1S/C7H8N2O/c10-6-1-2-7-5(3-6)4-8-9-7/h1-3,8-10H,4H2. The number of hydrazine groups is 1. The molecule has 0 aromatic heterocycles. The van der Waals surface area contributed by atoms with Crippen molar-refractivity contribution in [1.82, 2.24) is 5.43 Å². The molecule has 1 aromatic rings. The maximum absolute atomic E-state index is 9.04. The Balaban J connectivity index is 2.52. The fourth-order valence-corrected chi connectivity index (χ4v) is 1.08. The van der Waals surface area contributed by atoms with Crippen LogP contribution >= 0.6 is 0 Å². The van der Waals surface area contributed by atoms with Crippen molar-refractivity contribution in [3.05, 3.63) is 23.8 Å². The summed E-state index contributed by atoms with van der Waals surface area (Å²) in [7, 11) is 0. The summed E-state index contributed by atoms with van der Waals surface area (Å²) in [6.07, 6.45) is 0. The molecule has 3 heteroatoms. The molecule has 0 spiro atoms. The fourth-order valence-electron chi connectivity index (χ4n) is 1.08. The maximum Gasteiger partial charge on any atom is 0.116 e. The predicted molar refractivity (Wildman–Crippen MR) is 38.6 cm³/mol. The van der Waals surface area contributed by atoms with Gasteiger partial charge in [-0.1, -0.05) is 0 Å². The quantitative estimate of drug-likeness (QED) is 0.463. The van der Waals surface area contributed by atoms with E-state index in [-0.39, 0.29) is 0 Å². The van der Waals surface area contributed by atoms with Crippen molar-refractivity contribution in [2.75, 3.05) is 5.43 Å². The van der Waals surface area contributed by atoms with Gasteiger partial charge in [0.25, 0.3) is 0 Å². The number of hydrogen-bond acceptors (Lipinski definition) is 3. The van der Waals surface area contributed by atoms with Gasteiger partial charge in [-0.3, -0.25) is 0 Å². The molecule has 2 rings (SSSR count). The first kappa shape index (κ1) is 5.56. The van der Waals surface area contributed by atoms with E-state index >= 15 is 0 Å². The number of benzene rings is 1. The van der Waals surface area contributed by atoms with Gasteiger partial charge in [-0.2, -0.15) is 0 Å². The molecule has 10 heavy (non-hydrogen) atoms. The highest BCUT2D eigenvalue weighted by Crippen LogP contribution is 2.23. The van der Waals surface area contributed by atoms with E-state index in [1.165, 1.54) is 0 Å². The van der Waals surface area contributed by atoms with Gasteiger partial charge in [-0.05, 0) is 23.8 Å². The van der Waals surface area contributed by atoms with E-state index in [1.807, 2.05) is 6.07 Å². The zero-order valence-corrected chi connectivity index (χ0v) is 5.39. The van der Waals surface area contributed by atoms with Gasteiger partial charge in [0.1, 0.15) is 5.75 Å². The molecule has 1 aliphatic heterocycles. The fraction of sp³-hybridized carbons (Fsp3) is 0.143. The summed E-state index contributed by atoms with van der Waals surface area (Å²) in [6.45, 7) is 0.781. The number of rotatable bonds is 0. The molecule has 0 fully saturated rings. The number of hydrogen-bond donors (Lipinski definition) is 3. The number of nitrogens with one attached hydrogen (secondary N) is 2. The van der Waals surface area contributed by atoms with E-state index in [0.717, 1.165) is 17.8 Å². The lowest BCUT2D eigenvalue weighted by molar-refractivity contribution is 0.475. The highest BCUT2D eigenvalue weighted by Gasteiger charge is 2.07. The van der Waals surface area contributed by atoms with Crippen molar-refractivity contribution in [2.24, 2.45) is 0 Å². The van der Waals surface area contributed by atoms with Crippen molar-refractivity contribution in [3.8, 4) is 5.75 Å². The molecule has 1 aromatic carbocycles. The first-order valence-electron chi connectivity index (χ1n) is 3.17. The summed E-state index contributed by atoms with van der Waals surface area (Å²) in [6, 6.07) is 5.27. The second-order valence-corrected chi connectivity index (χ2v) is 2.32. The highest BCUT2D eigenvalue weighted by molar-refractivity contribution is 5.55. The Morgan fingerprint density at radius 3 is 3.20 bits per heavy atom. The van der Waals surface area contributed by atoms with E-state index < -0.39 is 0 Å². The first-order valence-corrected chi connectivity index (χ1v) is 3.17. The number of aromatic hydroxyl groups is 1. The van der Waals surface area contributed by atoms with Crippen LogP contribution < -0.4 is 10.9 Å². The Morgan fingerprint density at radius 2 is 2.30 bits per heavy atom. The molecule has 0 radical (unpaired) electrons. The minimum Gasteiger partial charge on any atom is -0.508 e. The Hall–Kier alpha value is -1.22. The molecule has 0 bridgehead atoms. The van der Waals surface area contributed by atoms with Crippen LogP contribution in [0.25, 0.3) is 0 Å². The third kappa shape index (κ3) is 0.717. The zero-order chi connectivity index (χ0) is 6.97. The molecular formula is C7H8N2O. The summed E-state index contributed by atoms with van der Waals surface area (Å²) in [5.74, 6) is 0.323. The number of phenols is 1. The molecule has 0 atom stereocenters. The number of fused-ring (bicyclic) bond motifs is 1. The summed E-state index contributed by atoms with van der Waals surface area (Å²) < 4.78 is 0. The molecule has 3 nitrogen and oxygen atoms in total. The molecule has 0 saturated heterocycles. The topological polar surface area (TPSA) is 44.3 Å². The van der Waals surface area contributed by atoms with E-state index in [1.54, 1.807) is 12.1 Å². The average Bonchev–Trinajstić information content (AvgIpc) is 2.33. The van der Waals surface area contributed by atoms with Crippen molar-refractivity contribution >= 4 is 5.69 Å². The molecule has 1 aliphatic rings. The van der Waals surface area contributed by atoms with E-state index in [2.05, 4.69) is 10.9 Å². The molecule has 52 valence electrons. The monoisotopic (exact) mass is 136 g/mol. The van der Waals surface area contributed by atoms with Crippen LogP contribution in [0.2, 0.25) is 0 Å². The van der Waals surface area contributed by atoms with Crippen LogP contribution in [0.15, 0.2) is 18.2 Å². The largest absolute Gasteiger partial charge is 0.508 e. The van der Waals surface area contributed by atoms with E-state index in [9.17, 15) is 0 Å². The van der Waals surface area contributed by atoms with Gasteiger partial charge in [0.15, 0.2) is 0 Å². The second kappa shape index (κ2) is 1.88. The summed E-state index contributed by atoms with van der Waals surface area (Å²) in [4.78, 5) is 0. The number of phenolic OH excluding ortho intramolecular Hbond substituents is 1. The van der Waals surface area contributed by atoms with Crippen LogP contribution in [0.4, 0.5) is 5.69 Å². The van der Waals surface area contributed by atoms with Crippen LogP contribution in [-0.4, -0.2) is 5.11 Å². The van der Waals surface area contributed by atoms with Crippen LogP contribution in [0, 0.1) is 0 Å². The third-order valence-corrected chi connectivity index (χ3v) is 1.59. The Kier molecular flexibility index (Phi) is 1.05. The molecule has 0 amide bonds. The molecule has 0 saturated carbocycles. The zero-order valence-electron chi connectivity index (χ0n) is 5.39. The first-order chi connectivity index (χ1) is 4.86. The lowest BCUT2D eigenvalue weighted by Gasteiger charge is -1.96.